The summed E-state index contributed by atoms with van der Waals surface area (Å²) in [5.41, 5.74) is 0.0480. The van der Waals surface area contributed by atoms with E-state index in [1.54, 1.807) is 0 Å². The largest absolute Gasteiger partial charge is 0.396 e. The van der Waals surface area contributed by atoms with Crippen LogP contribution in [0.4, 0.5) is 0 Å². The minimum Gasteiger partial charge on any atom is -0.396 e. The minimum atomic E-state index is 0.0480. The van der Waals surface area contributed by atoms with Crippen molar-refractivity contribution in [2.24, 2.45) is 23.7 Å². The average Bonchev–Trinajstić information content (AvgIpc) is 2.14. The van der Waals surface area contributed by atoms with E-state index in [0.717, 1.165) is 25.2 Å². The highest BCUT2D eigenvalue weighted by Gasteiger charge is 2.45. The predicted molar refractivity (Wildman–Crippen MR) is 65.2 cm³/mol. The molecule has 0 bridgehead atoms. The normalized spacial score (nSPS) is 47.4. The van der Waals surface area contributed by atoms with Crippen molar-refractivity contribution in [3.05, 3.63) is 0 Å². The summed E-state index contributed by atoms with van der Waals surface area (Å²) >= 11 is 0. The first kappa shape index (κ1) is 12.4. The Morgan fingerprint density at radius 1 is 1.19 bits per heavy atom. The maximum absolute atomic E-state index is 9.40. The molecule has 1 N–H and O–H groups in total. The molecule has 2 heteroatoms. The Labute approximate surface area is 99.4 Å². The third-order valence-electron chi connectivity index (χ3n) is 4.71. The van der Waals surface area contributed by atoms with E-state index in [4.69, 9.17) is 4.74 Å². The summed E-state index contributed by atoms with van der Waals surface area (Å²) in [5.74, 6) is 2.50. The Morgan fingerprint density at radius 3 is 2.50 bits per heavy atom. The average molecular weight is 226 g/mol. The molecule has 1 saturated heterocycles. The quantitative estimate of drug-likeness (QED) is 0.745. The van der Waals surface area contributed by atoms with E-state index in [1.165, 1.54) is 0 Å². The lowest BCUT2D eigenvalue weighted by molar-refractivity contribution is -0.181. The Kier molecular flexibility index (Phi) is 3.33. The number of ether oxygens (including phenoxy) is 1. The molecule has 2 fully saturated rings. The van der Waals surface area contributed by atoms with Gasteiger partial charge in [0.2, 0.25) is 0 Å². The maximum Gasteiger partial charge on any atom is 0.0633 e. The first-order chi connectivity index (χ1) is 7.43. The fraction of sp³-hybridized carbons (Fsp3) is 1.00. The van der Waals surface area contributed by atoms with Gasteiger partial charge in [-0.25, -0.2) is 0 Å². The minimum absolute atomic E-state index is 0.0480. The summed E-state index contributed by atoms with van der Waals surface area (Å²) in [4.78, 5) is 0. The lowest BCUT2D eigenvalue weighted by Crippen LogP contribution is -2.50. The van der Waals surface area contributed by atoms with Gasteiger partial charge in [0.15, 0.2) is 0 Å². The Balaban J connectivity index is 2.09. The Morgan fingerprint density at radius 2 is 1.88 bits per heavy atom. The monoisotopic (exact) mass is 226 g/mol. The van der Waals surface area contributed by atoms with Crippen molar-refractivity contribution in [1.29, 1.82) is 0 Å². The maximum atomic E-state index is 9.40. The first-order valence-electron chi connectivity index (χ1n) is 6.71. The van der Waals surface area contributed by atoms with Crippen LogP contribution in [0.25, 0.3) is 0 Å². The van der Waals surface area contributed by atoms with Crippen LogP contribution in [-0.4, -0.2) is 23.4 Å². The summed E-state index contributed by atoms with van der Waals surface area (Å²) in [6, 6.07) is 0. The fourth-order valence-electron chi connectivity index (χ4n) is 3.84. The van der Waals surface area contributed by atoms with Gasteiger partial charge < -0.3 is 9.84 Å². The fourth-order valence-corrected chi connectivity index (χ4v) is 3.84. The summed E-state index contributed by atoms with van der Waals surface area (Å²) in [5, 5.41) is 9.40. The predicted octanol–water partition coefficient (Wildman–Crippen LogP) is 2.84. The van der Waals surface area contributed by atoms with Gasteiger partial charge in [-0.2, -0.15) is 0 Å². The van der Waals surface area contributed by atoms with Crippen LogP contribution in [0.15, 0.2) is 0 Å². The van der Waals surface area contributed by atoms with Crippen molar-refractivity contribution in [3.63, 3.8) is 0 Å². The SMILES string of the molecule is CC1CC2OC(C)(C)CC(C)C2CC1CO. The molecular formula is C14H26O2. The van der Waals surface area contributed by atoms with Crippen molar-refractivity contribution >= 4 is 0 Å². The topological polar surface area (TPSA) is 29.5 Å². The van der Waals surface area contributed by atoms with E-state index >= 15 is 0 Å². The van der Waals surface area contributed by atoms with Gasteiger partial charge in [0, 0.05) is 6.61 Å². The van der Waals surface area contributed by atoms with Gasteiger partial charge in [0.25, 0.3) is 0 Å². The third-order valence-corrected chi connectivity index (χ3v) is 4.71. The summed E-state index contributed by atoms with van der Waals surface area (Å²) < 4.78 is 6.23. The van der Waals surface area contributed by atoms with Crippen molar-refractivity contribution in [2.45, 2.75) is 58.7 Å². The summed E-state index contributed by atoms with van der Waals surface area (Å²) in [6.45, 7) is 9.38. The third kappa shape index (κ3) is 2.28. The zero-order valence-corrected chi connectivity index (χ0v) is 11.1. The van der Waals surface area contributed by atoms with Crippen molar-refractivity contribution in [1.82, 2.24) is 0 Å². The van der Waals surface area contributed by atoms with E-state index in [2.05, 4.69) is 27.7 Å². The van der Waals surface area contributed by atoms with Crippen LogP contribution in [0.5, 0.6) is 0 Å². The molecule has 0 spiro atoms. The van der Waals surface area contributed by atoms with Gasteiger partial charge in [0.1, 0.15) is 0 Å². The van der Waals surface area contributed by atoms with Crippen molar-refractivity contribution < 1.29 is 9.84 Å². The van der Waals surface area contributed by atoms with Crippen LogP contribution in [0, 0.1) is 23.7 Å². The molecule has 1 aliphatic carbocycles. The number of hydrogen-bond acceptors (Lipinski definition) is 2. The molecule has 0 aromatic carbocycles. The first-order valence-corrected chi connectivity index (χ1v) is 6.71. The van der Waals surface area contributed by atoms with Gasteiger partial charge in [-0.15, -0.1) is 0 Å². The molecule has 2 aliphatic rings. The molecule has 5 atom stereocenters. The molecule has 5 unspecified atom stereocenters. The number of rotatable bonds is 1. The molecule has 2 rings (SSSR count). The van der Waals surface area contributed by atoms with Crippen molar-refractivity contribution in [2.75, 3.05) is 6.61 Å². The number of fused-ring (bicyclic) bond motifs is 1. The van der Waals surface area contributed by atoms with Gasteiger partial charge >= 0.3 is 0 Å². The van der Waals surface area contributed by atoms with E-state index < -0.39 is 0 Å². The summed E-state index contributed by atoms with van der Waals surface area (Å²) in [7, 11) is 0. The van der Waals surface area contributed by atoms with Gasteiger partial charge in [-0.05, 0) is 56.8 Å². The molecule has 1 saturated carbocycles. The van der Waals surface area contributed by atoms with E-state index in [-0.39, 0.29) is 5.60 Å². The van der Waals surface area contributed by atoms with Crippen LogP contribution in [0.2, 0.25) is 0 Å². The van der Waals surface area contributed by atoms with Crippen LogP contribution in [-0.2, 0) is 4.74 Å². The lowest BCUT2D eigenvalue weighted by atomic mass is 9.66. The molecule has 0 aromatic heterocycles. The lowest BCUT2D eigenvalue weighted by Gasteiger charge is -2.50. The second-order valence-electron chi connectivity index (χ2n) is 6.65. The molecule has 0 amide bonds. The highest BCUT2D eigenvalue weighted by molar-refractivity contribution is 4.93. The summed E-state index contributed by atoms with van der Waals surface area (Å²) in [6.07, 6.45) is 3.86. The molecular weight excluding hydrogens is 200 g/mol. The van der Waals surface area contributed by atoms with Gasteiger partial charge in [-0.1, -0.05) is 13.8 Å². The number of aliphatic hydroxyl groups excluding tert-OH is 1. The molecule has 0 radical (unpaired) electrons. The van der Waals surface area contributed by atoms with E-state index in [0.29, 0.717) is 30.5 Å². The highest BCUT2D eigenvalue weighted by Crippen LogP contribution is 2.46. The molecule has 1 heterocycles. The van der Waals surface area contributed by atoms with Crippen LogP contribution >= 0.6 is 0 Å². The Bertz CT molecular complexity index is 249. The van der Waals surface area contributed by atoms with Gasteiger partial charge in [0.05, 0.1) is 11.7 Å². The van der Waals surface area contributed by atoms with E-state index in [1.807, 2.05) is 0 Å². The standard InChI is InChI=1S/C14H26O2/c1-9-5-13-12(6-11(9)8-15)10(2)7-14(3,4)16-13/h9-13,15H,5-8H2,1-4H3. The zero-order valence-electron chi connectivity index (χ0n) is 11.1. The van der Waals surface area contributed by atoms with Crippen LogP contribution < -0.4 is 0 Å². The molecule has 0 aromatic rings. The van der Waals surface area contributed by atoms with Crippen LogP contribution in [0.3, 0.4) is 0 Å². The highest BCUT2D eigenvalue weighted by atomic mass is 16.5. The number of aliphatic hydroxyl groups is 1. The molecule has 1 aliphatic heterocycles. The zero-order chi connectivity index (χ0) is 11.9. The second kappa shape index (κ2) is 4.30. The molecule has 16 heavy (non-hydrogen) atoms. The van der Waals surface area contributed by atoms with Gasteiger partial charge in [-0.3, -0.25) is 0 Å². The molecule has 2 nitrogen and oxygen atoms in total. The molecule has 94 valence electrons. The van der Waals surface area contributed by atoms with E-state index in [9.17, 15) is 5.11 Å². The number of hydrogen-bond donors (Lipinski definition) is 1. The second-order valence-corrected chi connectivity index (χ2v) is 6.65. The smallest absolute Gasteiger partial charge is 0.0633 e. The van der Waals surface area contributed by atoms with Crippen molar-refractivity contribution in [3.8, 4) is 0 Å². The van der Waals surface area contributed by atoms with Crippen LogP contribution in [0.1, 0.15) is 47.0 Å². The Hall–Kier alpha value is -0.0800.